The van der Waals surface area contributed by atoms with Crippen LogP contribution in [0.3, 0.4) is 0 Å². The Kier molecular flexibility index (Phi) is 12.8. The average Bonchev–Trinajstić information content (AvgIpc) is 2.54. The lowest BCUT2D eigenvalue weighted by atomic mass is 10.1. The van der Waals surface area contributed by atoms with Gasteiger partial charge >= 0.3 is 5.97 Å². The molecule has 0 radical (unpaired) electrons. The molecule has 5 nitrogen and oxygen atoms in total. The number of ether oxygens (including phenoxy) is 1. The van der Waals surface area contributed by atoms with Gasteiger partial charge in [0.1, 0.15) is 11.6 Å². The van der Waals surface area contributed by atoms with E-state index in [0.29, 0.717) is 6.54 Å². The van der Waals surface area contributed by atoms with E-state index < -0.39 is 5.97 Å². The first kappa shape index (κ1) is 21.2. The maximum Gasteiger partial charge on any atom is 0.349 e. The van der Waals surface area contributed by atoms with Crippen LogP contribution in [-0.4, -0.2) is 41.8 Å². The van der Waals surface area contributed by atoms with Gasteiger partial charge in [-0.15, -0.1) is 0 Å². The van der Waals surface area contributed by atoms with Crippen LogP contribution in [0.15, 0.2) is 23.9 Å². The van der Waals surface area contributed by atoms with Crippen LogP contribution < -0.4 is 0 Å². The van der Waals surface area contributed by atoms with Crippen LogP contribution in [-0.2, 0) is 9.53 Å². The summed E-state index contributed by atoms with van der Waals surface area (Å²) in [7, 11) is 0. The molecule has 1 atom stereocenters. The first-order chi connectivity index (χ1) is 11.1. The lowest BCUT2D eigenvalue weighted by Crippen LogP contribution is -2.20. The summed E-state index contributed by atoms with van der Waals surface area (Å²) < 4.78 is 5.30. The van der Waals surface area contributed by atoms with E-state index in [-0.39, 0.29) is 18.3 Å². The molecule has 0 fully saturated rings. The smallest absolute Gasteiger partial charge is 0.349 e. The molecule has 0 spiro atoms. The number of allylic oxidation sites excluding steroid dienone is 2. The van der Waals surface area contributed by atoms with Crippen LogP contribution in [0.4, 0.5) is 0 Å². The van der Waals surface area contributed by atoms with Gasteiger partial charge in [0.2, 0.25) is 0 Å². The number of carbonyl (C=O) groups excluding carboxylic acids is 1. The number of hydrogen-bond donors (Lipinski definition) is 1. The standard InChI is InChI=1S/C18H30N2O3/c1-4-6-7-8-10-16(3)23-18(22)17(15-19)11-9-12-20(5-2)13-14-21/h9,11-12,16,21H,4-8,10,13-14H2,1-3H3. The Morgan fingerprint density at radius 3 is 2.65 bits per heavy atom. The van der Waals surface area contributed by atoms with Crippen molar-refractivity contribution >= 4 is 5.97 Å². The Bertz CT molecular complexity index is 424. The molecule has 0 aliphatic carbocycles. The highest BCUT2D eigenvalue weighted by atomic mass is 16.5. The summed E-state index contributed by atoms with van der Waals surface area (Å²) in [6, 6.07) is 1.87. The van der Waals surface area contributed by atoms with Gasteiger partial charge in [-0.05, 0) is 45.0 Å². The highest BCUT2D eigenvalue weighted by Crippen LogP contribution is 2.10. The molecule has 23 heavy (non-hydrogen) atoms. The molecule has 0 bridgehead atoms. The first-order valence-electron chi connectivity index (χ1n) is 8.43. The van der Waals surface area contributed by atoms with E-state index in [1.165, 1.54) is 18.9 Å². The van der Waals surface area contributed by atoms with Gasteiger partial charge in [-0.2, -0.15) is 5.26 Å². The van der Waals surface area contributed by atoms with Gasteiger partial charge in [0.05, 0.1) is 12.7 Å². The van der Waals surface area contributed by atoms with Crippen molar-refractivity contribution in [3.8, 4) is 6.07 Å². The van der Waals surface area contributed by atoms with Crippen molar-refractivity contribution < 1.29 is 14.6 Å². The maximum absolute atomic E-state index is 11.9. The van der Waals surface area contributed by atoms with E-state index in [4.69, 9.17) is 15.1 Å². The van der Waals surface area contributed by atoms with Gasteiger partial charge in [0.25, 0.3) is 0 Å². The van der Waals surface area contributed by atoms with Gasteiger partial charge in [-0.1, -0.05) is 26.2 Å². The van der Waals surface area contributed by atoms with Crippen LogP contribution in [0, 0.1) is 11.3 Å². The Morgan fingerprint density at radius 2 is 2.09 bits per heavy atom. The number of aliphatic hydroxyl groups is 1. The Balaban J connectivity index is 4.42. The fourth-order valence-corrected chi connectivity index (χ4v) is 2.04. The molecular formula is C18H30N2O3. The van der Waals surface area contributed by atoms with Crippen LogP contribution in [0.2, 0.25) is 0 Å². The topological polar surface area (TPSA) is 73.6 Å². The normalized spacial score (nSPS) is 12.9. The zero-order valence-corrected chi connectivity index (χ0v) is 14.6. The first-order valence-corrected chi connectivity index (χ1v) is 8.43. The molecule has 0 aliphatic rings. The molecule has 0 aliphatic heterocycles. The number of carbonyl (C=O) groups is 1. The monoisotopic (exact) mass is 322 g/mol. The summed E-state index contributed by atoms with van der Waals surface area (Å²) in [6.45, 7) is 7.29. The summed E-state index contributed by atoms with van der Waals surface area (Å²) in [5.74, 6) is -0.578. The molecule has 0 heterocycles. The zero-order chi connectivity index (χ0) is 17.5. The predicted molar refractivity (Wildman–Crippen MR) is 91.5 cm³/mol. The molecule has 0 aromatic heterocycles. The minimum atomic E-state index is -0.578. The van der Waals surface area contributed by atoms with Crippen molar-refractivity contribution in [2.45, 2.75) is 59.0 Å². The molecule has 0 aromatic carbocycles. The Labute approximate surface area is 140 Å². The van der Waals surface area contributed by atoms with Crippen LogP contribution in [0.1, 0.15) is 52.9 Å². The third-order valence-electron chi connectivity index (χ3n) is 3.47. The van der Waals surface area contributed by atoms with Crippen LogP contribution in [0.25, 0.3) is 0 Å². The summed E-state index contributed by atoms with van der Waals surface area (Å²) in [5, 5.41) is 18.0. The summed E-state index contributed by atoms with van der Waals surface area (Å²) in [6.07, 6.45) is 10.00. The van der Waals surface area contributed by atoms with Crippen molar-refractivity contribution in [2.24, 2.45) is 0 Å². The van der Waals surface area contributed by atoms with E-state index in [0.717, 1.165) is 25.8 Å². The van der Waals surface area contributed by atoms with Gasteiger partial charge in [-0.3, -0.25) is 0 Å². The molecule has 1 N–H and O–H groups in total. The molecule has 0 saturated heterocycles. The second-order valence-electron chi connectivity index (χ2n) is 5.45. The minimum absolute atomic E-state index is 0.0123. The number of nitrogens with zero attached hydrogens (tertiary/aromatic N) is 2. The summed E-state index contributed by atoms with van der Waals surface area (Å²) in [4.78, 5) is 13.8. The highest BCUT2D eigenvalue weighted by Gasteiger charge is 2.13. The van der Waals surface area contributed by atoms with E-state index in [9.17, 15) is 4.79 Å². The molecule has 0 amide bonds. The van der Waals surface area contributed by atoms with Crippen molar-refractivity contribution in [1.29, 1.82) is 5.26 Å². The molecule has 1 unspecified atom stereocenters. The van der Waals surface area contributed by atoms with Crippen LogP contribution in [0.5, 0.6) is 0 Å². The van der Waals surface area contributed by atoms with Gasteiger partial charge in [-0.25, -0.2) is 4.79 Å². The molecule has 5 heteroatoms. The van der Waals surface area contributed by atoms with Crippen molar-refractivity contribution in [2.75, 3.05) is 19.7 Å². The lowest BCUT2D eigenvalue weighted by molar-refractivity contribution is -0.143. The molecule has 0 saturated carbocycles. The zero-order valence-electron chi connectivity index (χ0n) is 14.6. The predicted octanol–water partition coefficient (Wildman–Crippen LogP) is 3.17. The maximum atomic E-state index is 11.9. The number of hydrogen-bond acceptors (Lipinski definition) is 5. The third-order valence-corrected chi connectivity index (χ3v) is 3.47. The Morgan fingerprint density at radius 1 is 1.35 bits per heavy atom. The van der Waals surface area contributed by atoms with Crippen molar-refractivity contribution in [3.63, 3.8) is 0 Å². The summed E-state index contributed by atoms with van der Waals surface area (Å²) in [5.41, 5.74) is -0.0123. The molecule has 130 valence electrons. The number of likely N-dealkylation sites (N-methyl/N-ethyl adjacent to an activating group) is 1. The number of unbranched alkanes of at least 4 members (excludes halogenated alkanes) is 3. The summed E-state index contributed by atoms with van der Waals surface area (Å²) >= 11 is 0. The minimum Gasteiger partial charge on any atom is -0.459 e. The molecule has 0 aromatic rings. The number of nitriles is 1. The lowest BCUT2D eigenvalue weighted by Gasteiger charge is -2.15. The number of esters is 1. The van der Waals surface area contributed by atoms with E-state index in [1.807, 2.05) is 24.8 Å². The van der Waals surface area contributed by atoms with Gasteiger partial charge < -0.3 is 14.7 Å². The second kappa shape index (κ2) is 13.8. The van der Waals surface area contributed by atoms with E-state index >= 15 is 0 Å². The average molecular weight is 322 g/mol. The highest BCUT2D eigenvalue weighted by molar-refractivity contribution is 5.93. The van der Waals surface area contributed by atoms with Crippen molar-refractivity contribution in [1.82, 2.24) is 4.90 Å². The number of aliphatic hydroxyl groups excluding tert-OH is 1. The fourth-order valence-electron chi connectivity index (χ4n) is 2.04. The SMILES string of the molecule is CCCCCCC(C)OC(=O)C(C#N)=CC=CN(CC)CCO. The quantitative estimate of drug-likeness (QED) is 0.196. The number of rotatable bonds is 12. The second-order valence-corrected chi connectivity index (χ2v) is 5.45. The molecular weight excluding hydrogens is 292 g/mol. The van der Waals surface area contributed by atoms with Crippen LogP contribution >= 0.6 is 0 Å². The fraction of sp³-hybridized carbons (Fsp3) is 0.667. The van der Waals surface area contributed by atoms with E-state index in [2.05, 4.69) is 6.92 Å². The van der Waals surface area contributed by atoms with E-state index in [1.54, 1.807) is 12.3 Å². The molecule has 0 rings (SSSR count). The van der Waals surface area contributed by atoms with Gasteiger partial charge in [0.15, 0.2) is 0 Å². The Hall–Kier alpha value is -1.80. The largest absolute Gasteiger partial charge is 0.459 e. The third kappa shape index (κ3) is 10.5. The van der Waals surface area contributed by atoms with Crippen molar-refractivity contribution in [3.05, 3.63) is 23.9 Å². The van der Waals surface area contributed by atoms with Gasteiger partial charge in [0, 0.05) is 13.1 Å².